The first kappa shape index (κ1) is 13.5. The van der Waals surface area contributed by atoms with Crippen LogP contribution in [-0.4, -0.2) is 16.3 Å². The minimum Gasteiger partial charge on any atom is -0.383 e. The minimum absolute atomic E-state index is 0.457. The predicted molar refractivity (Wildman–Crippen MR) is 76.9 cm³/mol. The number of halogens is 3. The first-order valence-electron chi connectivity index (χ1n) is 5.43. The highest BCUT2D eigenvalue weighted by Gasteiger charge is 2.06. The predicted octanol–water partition coefficient (Wildman–Crippen LogP) is 4.03. The minimum atomic E-state index is 0.457. The molecule has 0 aliphatic carbocycles. The van der Waals surface area contributed by atoms with Crippen LogP contribution in [0.5, 0.6) is 0 Å². The molecular weight excluding hydrogens is 293 g/mol. The van der Waals surface area contributed by atoms with Gasteiger partial charge in [-0.2, -0.15) is 5.10 Å². The Bertz CT molecular complexity index is 551. The summed E-state index contributed by atoms with van der Waals surface area (Å²) in [5.41, 5.74) is 1.94. The summed E-state index contributed by atoms with van der Waals surface area (Å²) in [7, 11) is 1.92. The summed E-state index contributed by atoms with van der Waals surface area (Å²) in [6.07, 6.45) is 2.63. The molecule has 1 N–H and O–H groups in total. The molecule has 0 unspecified atom stereocenters. The normalized spacial score (nSPS) is 10.7. The van der Waals surface area contributed by atoms with Gasteiger partial charge in [-0.05, 0) is 18.2 Å². The van der Waals surface area contributed by atoms with Gasteiger partial charge in [0.2, 0.25) is 0 Å². The van der Waals surface area contributed by atoms with Gasteiger partial charge in [-0.25, -0.2) is 0 Å². The molecule has 0 radical (unpaired) electrons. The van der Waals surface area contributed by atoms with Gasteiger partial charge in [0.15, 0.2) is 0 Å². The highest BCUT2D eigenvalue weighted by atomic mass is 35.5. The number of hydrogen-bond donors (Lipinski definition) is 1. The lowest BCUT2D eigenvalue weighted by atomic mass is 10.2. The molecule has 0 amide bonds. The maximum atomic E-state index is 6.07. The zero-order valence-electron chi connectivity index (χ0n) is 9.75. The second-order valence-electron chi connectivity index (χ2n) is 3.87. The number of rotatable bonds is 4. The molecule has 0 bridgehead atoms. The van der Waals surface area contributed by atoms with Gasteiger partial charge in [0.1, 0.15) is 0 Å². The fraction of sp³-hybridized carbons (Fsp3) is 0.250. The van der Waals surface area contributed by atoms with Crippen LogP contribution < -0.4 is 5.32 Å². The highest BCUT2D eigenvalue weighted by Crippen LogP contribution is 2.32. The number of hydrogen-bond acceptors (Lipinski definition) is 2. The SMILES string of the molecule is Cn1nccc1CCNc1cc(Cl)c(Cl)cc1Cl. The van der Waals surface area contributed by atoms with E-state index in [1.165, 1.54) is 0 Å². The second-order valence-corrected chi connectivity index (χ2v) is 5.09. The maximum absolute atomic E-state index is 6.07. The van der Waals surface area contributed by atoms with E-state index in [9.17, 15) is 0 Å². The van der Waals surface area contributed by atoms with E-state index < -0.39 is 0 Å². The molecule has 0 spiro atoms. The Hall–Kier alpha value is -0.900. The van der Waals surface area contributed by atoms with Gasteiger partial charge in [0.05, 0.1) is 20.8 Å². The van der Waals surface area contributed by atoms with E-state index in [4.69, 9.17) is 34.8 Å². The lowest BCUT2D eigenvalue weighted by Gasteiger charge is -2.09. The smallest absolute Gasteiger partial charge is 0.0653 e. The van der Waals surface area contributed by atoms with Crippen molar-refractivity contribution in [1.29, 1.82) is 0 Å². The average molecular weight is 305 g/mol. The monoisotopic (exact) mass is 303 g/mol. The summed E-state index contributed by atoms with van der Waals surface area (Å²) in [6, 6.07) is 5.35. The van der Waals surface area contributed by atoms with Crippen molar-refractivity contribution in [1.82, 2.24) is 9.78 Å². The summed E-state index contributed by atoms with van der Waals surface area (Å²) in [5.74, 6) is 0. The summed E-state index contributed by atoms with van der Waals surface area (Å²) in [5, 5.41) is 8.85. The third-order valence-electron chi connectivity index (χ3n) is 2.63. The number of anilines is 1. The zero-order chi connectivity index (χ0) is 13.1. The first-order valence-corrected chi connectivity index (χ1v) is 6.56. The molecule has 6 heteroatoms. The van der Waals surface area contributed by atoms with E-state index in [0.717, 1.165) is 24.3 Å². The number of nitrogens with zero attached hydrogens (tertiary/aromatic N) is 2. The molecule has 1 aromatic carbocycles. The van der Waals surface area contributed by atoms with E-state index in [2.05, 4.69) is 10.4 Å². The summed E-state index contributed by atoms with van der Waals surface area (Å²) in [4.78, 5) is 0. The molecule has 0 fully saturated rings. The Labute approximate surface area is 121 Å². The zero-order valence-corrected chi connectivity index (χ0v) is 12.0. The van der Waals surface area contributed by atoms with Gasteiger partial charge in [-0.3, -0.25) is 4.68 Å². The third kappa shape index (κ3) is 3.10. The third-order valence-corrected chi connectivity index (χ3v) is 3.66. The largest absolute Gasteiger partial charge is 0.383 e. The Morgan fingerprint density at radius 1 is 1.17 bits per heavy atom. The number of aromatic nitrogens is 2. The van der Waals surface area contributed by atoms with Gasteiger partial charge in [0, 0.05) is 31.9 Å². The molecule has 1 heterocycles. The van der Waals surface area contributed by atoms with E-state index in [-0.39, 0.29) is 0 Å². The number of benzene rings is 1. The average Bonchev–Trinajstić information content (AvgIpc) is 2.72. The van der Waals surface area contributed by atoms with Crippen LogP contribution in [0.15, 0.2) is 24.4 Å². The van der Waals surface area contributed by atoms with Crippen molar-refractivity contribution in [2.24, 2.45) is 7.05 Å². The van der Waals surface area contributed by atoms with Gasteiger partial charge in [0.25, 0.3) is 0 Å². The summed E-state index contributed by atoms with van der Waals surface area (Å²) < 4.78 is 1.85. The standard InChI is InChI=1S/C12H12Cl3N3/c1-18-8(3-5-17-18)2-4-16-12-7-10(14)9(13)6-11(12)15/h3,5-7,16H,2,4H2,1H3. The Morgan fingerprint density at radius 3 is 2.56 bits per heavy atom. The van der Waals surface area contributed by atoms with E-state index in [1.54, 1.807) is 18.3 Å². The van der Waals surface area contributed by atoms with Crippen LogP contribution in [0.3, 0.4) is 0 Å². The Kier molecular flexibility index (Phi) is 4.38. The number of nitrogens with one attached hydrogen (secondary N) is 1. The molecule has 0 saturated carbocycles. The molecule has 0 atom stereocenters. The molecule has 96 valence electrons. The molecular formula is C12H12Cl3N3. The maximum Gasteiger partial charge on any atom is 0.0653 e. The quantitative estimate of drug-likeness (QED) is 0.864. The van der Waals surface area contributed by atoms with Crippen molar-refractivity contribution in [2.45, 2.75) is 6.42 Å². The van der Waals surface area contributed by atoms with Gasteiger partial charge < -0.3 is 5.32 Å². The van der Waals surface area contributed by atoms with Crippen LogP contribution >= 0.6 is 34.8 Å². The van der Waals surface area contributed by atoms with Gasteiger partial charge in [-0.15, -0.1) is 0 Å². The van der Waals surface area contributed by atoms with Crippen LogP contribution in [0.25, 0.3) is 0 Å². The van der Waals surface area contributed by atoms with Crippen molar-refractivity contribution < 1.29 is 0 Å². The lowest BCUT2D eigenvalue weighted by Crippen LogP contribution is -2.08. The second kappa shape index (κ2) is 5.83. The highest BCUT2D eigenvalue weighted by molar-refractivity contribution is 6.44. The molecule has 1 aromatic heterocycles. The van der Waals surface area contributed by atoms with Crippen molar-refractivity contribution in [3.05, 3.63) is 45.2 Å². The van der Waals surface area contributed by atoms with Crippen molar-refractivity contribution in [3.8, 4) is 0 Å². The van der Waals surface area contributed by atoms with Gasteiger partial charge in [-0.1, -0.05) is 34.8 Å². The van der Waals surface area contributed by atoms with Crippen molar-refractivity contribution >= 4 is 40.5 Å². The molecule has 2 aromatic rings. The lowest BCUT2D eigenvalue weighted by molar-refractivity contribution is 0.711. The van der Waals surface area contributed by atoms with E-state index >= 15 is 0 Å². The van der Waals surface area contributed by atoms with Crippen molar-refractivity contribution in [2.75, 3.05) is 11.9 Å². The first-order chi connectivity index (χ1) is 8.58. The fourth-order valence-electron chi connectivity index (χ4n) is 1.63. The van der Waals surface area contributed by atoms with E-state index in [0.29, 0.717) is 15.1 Å². The van der Waals surface area contributed by atoms with Crippen LogP contribution in [0.4, 0.5) is 5.69 Å². The molecule has 2 rings (SSSR count). The van der Waals surface area contributed by atoms with Crippen LogP contribution in [-0.2, 0) is 13.5 Å². The number of aryl methyl sites for hydroxylation is 1. The Morgan fingerprint density at radius 2 is 1.89 bits per heavy atom. The van der Waals surface area contributed by atoms with Crippen LogP contribution in [0.1, 0.15) is 5.69 Å². The van der Waals surface area contributed by atoms with Crippen LogP contribution in [0, 0.1) is 0 Å². The van der Waals surface area contributed by atoms with Crippen LogP contribution in [0.2, 0.25) is 15.1 Å². The molecule has 3 nitrogen and oxygen atoms in total. The van der Waals surface area contributed by atoms with E-state index in [1.807, 2.05) is 17.8 Å². The molecule has 18 heavy (non-hydrogen) atoms. The van der Waals surface area contributed by atoms with Gasteiger partial charge >= 0.3 is 0 Å². The summed E-state index contributed by atoms with van der Waals surface area (Å²) in [6.45, 7) is 0.747. The molecule has 0 aliphatic rings. The summed E-state index contributed by atoms with van der Waals surface area (Å²) >= 11 is 17.9. The molecule has 0 saturated heterocycles. The Balaban J connectivity index is 1.99. The fourth-order valence-corrected chi connectivity index (χ4v) is 2.24. The topological polar surface area (TPSA) is 29.9 Å². The molecule has 0 aliphatic heterocycles. The van der Waals surface area contributed by atoms with Crippen molar-refractivity contribution in [3.63, 3.8) is 0 Å².